The van der Waals surface area contributed by atoms with Crippen molar-refractivity contribution < 1.29 is 4.79 Å². The van der Waals surface area contributed by atoms with Crippen LogP contribution < -0.4 is 5.32 Å². The van der Waals surface area contributed by atoms with Crippen molar-refractivity contribution in [1.82, 2.24) is 10.2 Å². The van der Waals surface area contributed by atoms with Crippen LogP contribution in [0.25, 0.3) is 0 Å². The predicted molar refractivity (Wildman–Crippen MR) is 83.6 cm³/mol. The molecule has 20 heavy (non-hydrogen) atoms. The second-order valence-electron chi connectivity index (χ2n) is 7.52. The first-order valence-corrected chi connectivity index (χ1v) is 8.54. The summed E-state index contributed by atoms with van der Waals surface area (Å²) in [4.78, 5) is 15.2. The van der Waals surface area contributed by atoms with Gasteiger partial charge in [-0.05, 0) is 38.1 Å². The zero-order valence-electron chi connectivity index (χ0n) is 13.6. The van der Waals surface area contributed by atoms with E-state index in [1.807, 2.05) is 0 Å². The van der Waals surface area contributed by atoms with Crippen molar-refractivity contribution in [2.75, 3.05) is 19.6 Å². The van der Waals surface area contributed by atoms with E-state index in [0.717, 1.165) is 32.5 Å². The fraction of sp³-hybridized carbons (Fsp3) is 0.941. The van der Waals surface area contributed by atoms with Crippen molar-refractivity contribution in [2.45, 2.75) is 71.8 Å². The summed E-state index contributed by atoms with van der Waals surface area (Å²) in [7, 11) is 0. The molecule has 116 valence electrons. The first-order valence-electron chi connectivity index (χ1n) is 8.54. The standard InChI is InChI=1S/C17H32N2O/c1-14(2)12-19(13-15-8-7-11-18-15)16(20)17(3)9-5-4-6-10-17/h14-15,18H,4-13H2,1-3H3. The third-order valence-electron chi connectivity index (χ3n) is 4.95. The van der Waals surface area contributed by atoms with E-state index in [4.69, 9.17) is 0 Å². The molecule has 0 radical (unpaired) electrons. The van der Waals surface area contributed by atoms with E-state index in [1.54, 1.807) is 0 Å². The first kappa shape index (κ1) is 15.8. The molecule has 2 rings (SSSR count). The summed E-state index contributed by atoms with van der Waals surface area (Å²) in [5, 5.41) is 3.54. The molecular formula is C17H32N2O. The largest absolute Gasteiger partial charge is 0.340 e. The van der Waals surface area contributed by atoms with Gasteiger partial charge in [-0.15, -0.1) is 0 Å². The summed E-state index contributed by atoms with van der Waals surface area (Å²) < 4.78 is 0. The van der Waals surface area contributed by atoms with E-state index < -0.39 is 0 Å². The Labute approximate surface area is 124 Å². The molecule has 1 unspecified atom stereocenters. The van der Waals surface area contributed by atoms with E-state index >= 15 is 0 Å². The molecule has 1 N–H and O–H groups in total. The Balaban J connectivity index is 2.01. The molecule has 2 aliphatic rings. The number of hydrogen-bond acceptors (Lipinski definition) is 2. The molecular weight excluding hydrogens is 248 g/mol. The van der Waals surface area contributed by atoms with Crippen LogP contribution in [0.15, 0.2) is 0 Å². The van der Waals surface area contributed by atoms with Gasteiger partial charge in [0.1, 0.15) is 0 Å². The summed E-state index contributed by atoms with van der Waals surface area (Å²) >= 11 is 0. The summed E-state index contributed by atoms with van der Waals surface area (Å²) in [6.07, 6.45) is 8.39. The molecule has 1 saturated carbocycles. The monoisotopic (exact) mass is 280 g/mol. The van der Waals surface area contributed by atoms with E-state index in [-0.39, 0.29) is 5.41 Å². The average Bonchev–Trinajstić information content (AvgIpc) is 2.90. The maximum absolute atomic E-state index is 13.0. The van der Waals surface area contributed by atoms with Crippen LogP contribution in [-0.4, -0.2) is 36.5 Å². The normalized spacial score (nSPS) is 25.9. The number of carbonyl (C=O) groups is 1. The van der Waals surface area contributed by atoms with Gasteiger partial charge >= 0.3 is 0 Å². The van der Waals surface area contributed by atoms with Crippen LogP contribution in [-0.2, 0) is 4.79 Å². The third-order valence-corrected chi connectivity index (χ3v) is 4.95. The smallest absolute Gasteiger partial charge is 0.228 e. The Morgan fingerprint density at radius 3 is 2.50 bits per heavy atom. The van der Waals surface area contributed by atoms with Gasteiger partial charge in [0.05, 0.1) is 0 Å². The fourth-order valence-electron chi connectivity index (χ4n) is 3.79. The van der Waals surface area contributed by atoms with Gasteiger partial charge in [-0.1, -0.05) is 40.0 Å². The molecule has 1 saturated heterocycles. The van der Waals surface area contributed by atoms with Crippen molar-refractivity contribution in [1.29, 1.82) is 0 Å². The fourth-order valence-corrected chi connectivity index (χ4v) is 3.79. The highest BCUT2D eigenvalue weighted by Crippen LogP contribution is 2.37. The van der Waals surface area contributed by atoms with Crippen molar-refractivity contribution in [3.05, 3.63) is 0 Å². The topological polar surface area (TPSA) is 32.3 Å². The second kappa shape index (κ2) is 6.93. The molecule has 0 aromatic heterocycles. The molecule has 1 amide bonds. The molecule has 1 heterocycles. The van der Waals surface area contributed by atoms with Crippen LogP contribution in [0.5, 0.6) is 0 Å². The van der Waals surface area contributed by atoms with Gasteiger partial charge in [0.2, 0.25) is 5.91 Å². The number of nitrogens with one attached hydrogen (secondary N) is 1. The second-order valence-corrected chi connectivity index (χ2v) is 7.52. The quantitative estimate of drug-likeness (QED) is 0.839. The lowest BCUT2D eigenvalue weighted by atomic mass is 9.74. The van der Waals surface area contributed by atoms with Crippen LogP contribution in [0.1, 0.15) is 65.7 Å². The van der Waals surface area contributed by atoms with Gasteiger partial charge in [0.25, 0.3) is 0 Å². The van der Waals surface area contributed by atoms with Gasteiger partial charge in [0, 0.05) is 24.5 Å². The Morgan fingerprint density at radius 1 is 1.25 bits per heavy atom. The number of hydrogen-bond donors (Lipinski definition) is 1. The SMILES string of the molecule is CC(C)CN(CC1CCCN1)C(=O)C1(C)CCCCC1. The highest BCUT2D eigenvalue weighted by atomic mass is 16.2. The lowest BCUT2D eigenvalue weighted by molar-refractivity contribution is -0.144. The molecule has 1 aliphatic carbocycles. The van der Waals surface area contributed by atoms with Crippen LogP contribution in [0, 0.1) is 11.3 Å². The van der Waals surface area contributed by atoms with Crippen LogP contribution >= 0.6 is 0 Å². The lowest BCUT2D eigenvalue weighted by Gasteiger charge is -2.38. The molecule has 0 spiro atoms. The first-order chi connectivity index (χ1) is 9.51. The number of carbonyl (C=O) groups excluding carboxylic acids is 1. The predicted octanol–water partition coefficient (Wildman–Crippen LogP) is 3.19. The third kappa shape index (κ3) is 3.97. The van der Waals surface area contributed by atoms with Gasteiger partial charge in [0.15, 0.2) is 0 Å². The summed E-state index contributed by atoms with van der Waals surface area (Å²) in [5.41, 5.74) is -0.0915. The van der Waals surface area contributed by atoms with E-state index in [2.05, 4.69) is 31.0 Å². The molecule has 2 fully saturated rings. The van der Waals surface area contributed by atoms with Gasteiger partial charge in [-0.25, -0.2) is 0 Å². The highest BCUT2D eigenvalue weighted by Gasteiger charge is 2.38. The number of amides is 1. The molecule has 1 atom stereocenters. The average molecular weight is 280 g/mol. The number of rotatable bonds is 5. The van der Waals surface area contributed by atoms with Crippen molar-refractivity contribution in [3.8, 4) is 0 Å². The van der Waals surface area contributed by atoms with Gasteiger partial charge in [-0.3, -0.25) is 4.79 Å². The van der Waals surface area contributed by atoms with Crippen LogP contribution in [0.2, 0.25) is 0 Å². The minimum absolute atomic E-state index is 0.0915. The Kier molecular flexibility index (Phi) is 5.48. The van der Waals surface area contributed by atoms with E-state index in [9.17, 15) is 4.79 Å². The Morgan fingerprint density at radius 2 is 1.95 bits per heavy atom. The maximum atomic E-state index is 13.0. The van der Waals surface area contributed by atoms with E-state index in [0.29, 0.717) is 17.9 Å². The van der Waals surface area contributed by atoms with Crippen molar-refractivity contribution in [2.24, 2.45) is 11.3 Å². The van der Waals surface area contributed by atoms with Crippen LogP contribution in [0.4, 0.5) is 0 Å². The van der Waals surface area contributed by atoms with Crippen molar-refractivity contribution in [3.63, 3.8) is 0 Å². The highest BCUT2D eigenvalue weighted by molar-refractivity contribution is 5.82. The molecule has 0 aromatic rings. The zero-order valence-corrected chi connectivity index (χ0v) is 13.6. The summed E-state index contributed by atoms with van der Waals surface area (Å²) in [6, 6.07) is 0.518. The summed E-state index contributed by atoms with van der Waals surface area (Å²) in [5.74, 6) is 0.965. The number of nitrogens with zero attached hydrogens (tertiary/aromatic N) is 1. The Bertz CT molecular complexity index is 315. The van der Waals surface area contributed by atoms with Gasteiger partial charge in [-0.2, -0.15) is 0 Å². The minimum atomic E-state index is -0.0915. The van der Waals surface area contributed by atoms with Crippen molar-refractivity contribution >= 4 is 5.91 Å². The summed E-state index contributed by atoms with van der Waals surface area (Å²) in [6.45, 7) is 9.56. The molecule has 0 aromatic carbocycles. The maximum Gasteiger partial charge on any atom is 0.228 e. The molecule has 0 bridgehead atoms. The minimum Gasteiger partial charge on any atom is -0.340 e. The molecule has 3 heteroatoms. The zero-order chi connectivity index (χ0) is 14.6. The Hall–Kier alpha value is -0.570. The molecule has 1 aliphatic heterocycles. The van der Waals surface area contributed by atoms with E-state index in [1.165, 1.54) is 32.1 Å². The van der Waals surface area contributed by atoms with Crippen LogP contribution in [0.3, 0.4) is 0 Å². The lowest BCUT2D eigenvalue weighted by Crippen LogP contribution is -2.49. The molecule has 3 nitrogen and oxygen atoms in total. The van der Waals surface area contributed by atoms with Gasteiger partial charge < -0.3 is 10.2 Å².